The molecule has 0 saturated carbocycles. The van der Waals surface area contributed by atoms with Gasteiger partial charge in [-0.3, -0.25) is 9.59 Å². The van der Waals surface area contributed by atoms with Crippen LogP contribution in [0.15, 0.2) is 34.8 Å². The second-order valence-electron chi connectivity index (χ2n) is 4.83. The number of amides is 1. The van der Waals surface area contributed by atoms with E-state index in [9.17, 15) is 9.59 Å². The lowest BCUT2D eigenvalue weighted by Crippen LogP contribution is -2.39. The fourth-order valence-corrected chi connectivity index (χ4v) is 2.65. The predicted octanol–water partition coefficient (Wildman–Crippen LogP) is 2.79. The van der Waals surface area contributed by atoms with Crippen molar-refractivity contribution >= 4 is 33.9 Å². The maximum Gasteiger partial charge on any atom is 0.306 e. The smallest absolute Gasteiger partial charge is 0.306 e. The maximum absolute atomic E-state index is 12.0. The highest BCUT2D eigenvalue weighted by Crippen LogP contribution is 2.18. The minimum absolute atomic E-state index is 0.0613. The van der Waals surface area contributed by atoms with E-state index in [0.29, 0.717) is 25.9 Å². The van der Waals surface area contributed by atoms with E-state index >= 15 is 0 Å². The van der Waals surface area contributed by atoms with Crippen LogP contribution in [0.25, 0.3) is 6.08 Å². The van der Waals surface area contributed by atoms with Crippen molar-refractivity contribution in [3.8, 4) is 0 Å². The number of carbonyl (C=O) groups is 2. The summed E-state index contributed by atoms with van der Waals surface area (Å²) in [5, 5.41) is 8.92. The molecule has 0 aliphatic carbocycles. The van der Waals surface area contributed by atoms with Crippen molar-refractivity contribution in [2.45, 2.75) is 12.8 Å². The van der Waals surface area contributed by atoms with Gasteiger partial charge in [-0.25, -0.2) is 0 Å². The highest BCUT2D eigenvalue weighted by Gasteiger charge is 2.25. The predicted molar refractivity (Wildman–Crippen MR) is 80.1 cm³/mol. The van der Waals surface area contributed by atoms with E-state index in [1.165, 1.54) is 0 Å². The molecule has 0 spiro atoms. The highest BCUT2D eigenvalue weighted by molar-refractivity contribution is 9.10. The van der Waals surface area contributed by atoms with Crippen LogP contribution in [0.2, 0.25) is 0 Å². The van der Waals surface area contributed by atoms with Crippen molar-refractivity contribution in [2.75, 3.05) is 13.1 Å². The molecule has 4 nitrogen and oxygen atoms in total. The van der Waals surface area contributed by atoms with Gasteiger partial charge >= 0.3 is 5.97 Å². The zero-order valence-electron chi connectivity index (χ0n) is 11.0. The molecule has 1 amide bonds. The third kappa shape index (κ3) is 3.93. The van der Waals surface area contributed by atoms with Gasteiger partial charge in [0.2, 0.25) is 5.91 Å². The molecule has 0 bridgehead atoms. The normalized spacial score (nSPS) is 16.6. The van der Waals surface area contributed by atoms with Gasteiger partial charge in [-0.05, 0) is 36.6 Å². The van der Waals surface area contributed by atoms with Crippen LogP contribution in [0.3, 0.4) is 0 Å². The Morgan fingerprint density at radius 3 is 2.60 bits per heavy atom. The third-order valence-corrected chi connectivity index (χ3v) is 3.92. The van der Waals surface area contributed by atoms with E-state index in [2.05, 4.69) is 15.9 Å². The Bertz CT molecular complexity index is 534. The zero-order chi connectivity index (χ0) is 14.5. The first-order valence-corrected chi connectivity index (χ1v) is 7.31. The first-order chi connectivity index (χ1) is 9.56. The van der Waals surface area contributed by atoms with Gasteiger partial charge < -0.3 is 10.0 Å². The van der Waals surface area contributed by atoms with E-state index in [1.54, 1.807) is 17.1 Å². The second kappa shape index (κ2) is 6.70. The molecule has 1 aliphatic heterocycles. The summed E-state index contributed by atoms with van der Waals surface area (Å²) in [6, 6.07) is 7.69. The lowest BCUT2D eigenvalue weighted by atomic mass is 9.97. The number of likely N-dealkylation sites (tertiary alicyclic amines) is 1. The summed E-state index contributed by atoms with van der Waals surface area (Å²) in [5.41, 5.74) is 0.952. The number of hydrogen-bond donors (Lipinski definition) is 1. The number of piperidine rings is 1. The average Bonchev–Trinajstić information content (AvgIpc) is 2.45. The van der Waals surface area contributed by atoms with Gasteiger partial charge in [-0.15, -0.1) is 0 Å². The van der Waals surface area contributed by atoms with Gasteiger partial charge in [0.25, 0.3) is 0 Å². The molecule has 1 saturated heterocycles. The van der Waals surface area contributed by atoms with Gasteiger partial charge in [-0.2, -0.15) is 0 Å². The van der Waals surface area contributed by atoms with Gasteiger partial charge in [-0.1, -0.05) is 28.1 Å². The summed E-state index contributed by atoms with van der Waals surface area (Å²) in [6.07, 6.45) is 4.39. The Morgan fingerprint density at radius 1 is 1.30 bits per heavy atom. The van der Waals surface area contributed by atoms with E-state index in [4.69, 9.17) is 5.11 Å². The molecule has 0 atom stereocenters. The molecule has 106 valence electrons. The van der Waals surface area contributed by atoms with Crippen LogP contribution < -0.4 is 0 Å². The molecule has 0 aromatic heterocycles. The minimum atomic E-state index is -0.762. The fourth-order valence-electron chi connectivity index (χ4n) is 2.23. The number of carbonyl (C=O) groups excluding carboxylic acids is 1. The monoisotopic (exact) mass is 337 g/mol. The maximum atomic E-state index is 12.0. The van der Waals surface area contributed by atoms with Crippen molar-refractivity contribution in [1.82, 2.24) is 4.90 Å². The van der Waals surface area contributed by atoms with Crippen LogP contribution in [0.5, 0.6) is 0 Å². The molecule has 1 N–H and O–H groups in total. The van der Waals surface area contributed by atoms with Crippen LogP contribution in [0.4, 0.5) is 0 Å². The van der Waals surface area contributed by atoms with Crippen molar-refractivity contribution in [1.29, 1.82) is 0 Å². The number of aliphatic carboxylic acids is 1. The molecule has 2 rings (SSSR count). The summed E-state index contributed by atoms with van der Waals surface area (Å²) in [7, 11) is 0. The van der Waals surface area contributed by atoms with E-state index in [-0.39, 0.29) is 11.8 Å². The molecule has 0 radical (unpaired) electrons. The topological polar surface area (TPSA) is 57.6 Å². The highest BCUT2D eigenvalue weighted by atomic mass is 79.9. The van der Waals surface area contributed by atoms with Crippen molar-refractivity contribution in [2.24, 2.45) is 5.92 Å². The average molecular weight is 338 g/mol. The summed E-state index contributed by atoms with van der Waals surface area (Å²) in [5.74, 6) is -1.14. The number of carboxylic acids is 1. The zero-order valence-corrected chi connectivity index (χ0v) is 12.5. The van der Waals surface area contributed by atoms with Crippen molar-refractivity contribution in [3.05, 3.63) is 40.4 Å². The standard InChI is InChI=1S/C15H16BrNO3/c16-13-3-1-2-11(10-13)4-5-14(18)17-8-6-12(7-9-17)15(19)20/h1-5,10,12H,6-9H2,(H,19,20)/b5-4+. The Kier molecular flexibility index (Phi) is 4.95. The lowest BCUT2D eigenvalue weighted by Gasteiger charge is -2.29. The first kappa shape index (κ1) is 14.8. The Hall–Kier alpha value is -1.62. The van der Waals surface area contributed by atoms with Gasteiger partial charge in [0.1, 0.15) is 0 Å². The van der Waals surface area contributed by atoms with Crippen molar-refractivity contribution in [3.63, 3.8) is 0 Å². The number of nitrogens with zero attached hydrogens (tertiary/aromatic N) is 1. The SMILES string of the molecule is O=C(O)C1CCN(C(=O)/C=C/c2cccc(Br)c2)CC1. The fraction of sp³-hybridized carbons (Fsp3) is 0.333. The van der Waals surface area contributed by atoms with Gasteiger partial charge in [0, 0.05) is 23.6 Å². The molecule has 20 heavy (non-hydrogen) atoms. The number of benzene rings is 1. The lowest BCUT2D eigenvalue weighted by molar-refractivity contribution is -0.144. The summed E-state index contributed by atoms with van der Waals surface area (Å²) >= 11 is 3.38. The molecule has 1 aromatic carbocycles. The molecular formula is C15H16BrNO3. The molecule has 5 heteroatoms. The largest absolute Gasteiger partial charge is 0.481 e. The molecule has 1 fully saturated rings. The van der Waals surface area contributed by atoms with E-state index in [1.807, 2.05) is 24.3 Å². The van der Waals surface area contributed by atoms with E-state index < -0.39 is 5.97 Å². The number of halogens is 1. The van der Waals surface area contributed by atoms with Crippen LogP contribution >= 0.6 is 15.9 Å². The molecule has 1 aromatic rings. The number of carboxylic acid groups (broad SMARTS) is 1. The molecule has 1 heterocycles. The van der Waals surface area contributed by atoms with Crippen LogP contribution in [-0.2, 0) is 9.59 Å². The Morgan fingerprint density at radius 2 is 2.00 bits per heavy atom. The Balaban J connectivity index is 1.91. The van der Waals surface area contributed by atoms with Gasteiger partial charge in [0.15, 0.2) is 0 Å². The number of hydrogen-bond acceptors (Lipinski definition) is 2. The minimum Gasteiger partial charge on any atom is -0.481 e. The second-order valence-corrected chi connectivity index (χ2v) is 5.74. The summed E-state index contributed by atoms with van der Waals surface area (Å²) in [6.45, 7) is 1.03. The summed E-state index contributed by atoms with van der Waals surface area (Å²) < 4.78 is 0.967. The third-order valence-electron chi connectivity index (χ3n) is 3.42. The Labute approximate surface area is 126 Å². The molecule has 0 unspecified atom stereocenters. The van der Waals surface area contributed by atoms with Crippen LogP contribution in [0.1, 0.15) is 18.4 Å². The van der Waals surface area contributed by atoms with Crippen LogP contribution in [-0.4, -0.2) is 35.0 Å². The summed E-state index contributed by atoms with van der Waals surface area (Å²) in [4.78, 5) is 24.6. The first-order valence-electron chi connectivity index (χ1n) is 6.51. The quantitative estimate of drug-likeness (QED) is 0.863. The van der Waals surface area contributed by atoms with Crippen LogP contribution in [0, 0.1) is 5.92 Å². The molecule has 1 aliphatic rings. The molecular weight excluding hydrogens is 322 g/mol. The van der Waals surface area contributed by atoms with Gasteiger partial charge in [0.05, 0.1) is 5.92 Å². The van der Waals surface area contributed by atoms with Crippen molar-refractivity contribution < 1.29 is 14.7 Å². The van der Waals surface area contributed by atoms with E-state index in [0.717, 1.165) is 10.0 Å². The number of rotatable bonds is 3.